The molecule has 0 aliphatic carbocycles. The number of aryl methyl sites for hydroxylation is 1. The van der Waals surface area contributed by atoms with Crippen LogP contribution < -0.4 is 17.0 Å². The van der Waals surface area contributed by atoms with Crippen LogP contribution in [0.3, 0.4) is 0 Å². The molecule has 1 N–H and O–H groups in total. The highest BCUT2D eigenvalue weighted by Crippen LogP contribution is 2.08. The molecule has 5 heteroatoms. The summed E-state index contributed by atoms with van der Waals surface area (Å²) >= 11 is 0. The number of rotatable bonds is 3. The van der Waals surface area contributed by atoms with E-state index in [9.17, 15) is 4.79 Å². The summed E-state index contributed by atoms with van der Waals surface area (Å²) in [4.78, 5) is 10.7. The number of imidazole rings is 1. The first-order valence-corrected chi connectivity index (χ1v) is 3.90. The second kappa shape index (κ2) is 4.87. The molecule has 0 amide bonds. The van der Waals surface area contributed by atoms with Gasteiger partial charge in [-0.3, -0.25) is 0 Å². The molecular formula is C8H13ClN2O2. The zero-order chi connectivity index (χ0) is 9.14. The van der Waals surface area contributed by atoms with Crippen molar-refractivity contribution in [3.63, 3.8) is 0 Å². The van der Waals surface area contributed by atoms with Crippen molar-refractivity contribution in [2.24, 2.45) is 7.05 Å². The van der Waals surface area contributed by atoms with Gasteiger partial charge in [0, 0.05) is 0 Å². The first-order valence-electron chi connectivity index (χ1n) is 3.90. The molecule has 1 rings (SSSR count). The Morgan fingerprint density at radius 3 is 2.62 bits per heavy atom. The maximum atomic E-state index is 10.7. The number of carbonyl (C=O) groups is 1. The quantitative estimate of drug-likeness (QED) is 0.547. The van der Waals surface area contributed by atoms with Gasteiger partial charge in [0.25, 0.3) is 0 Å². The zero-order valence-electron chi connectivity index (χ0n) is 7.64. The SMILES string of the molecule is CCC(C(=O)O)n1cc[n+](C)c1.[Cl-]. The number of aliphatic carboxylic acids is 1. The van der Waals surface area contributed by atoms with E-state index in [1.54, 1.807) is 17.1 Å². The Bertz CT molecular complexity index is 285. The molecule has 1 unspecified atom stereocenters. The van der Waals surface area contributed by atoms with Crippen molar-refractivity contribution in [1.29, 1.82) is 0 Å². The normalized spacial score (nSPS) is 11.8. The van der Waals surface area contributed by atoms with E-state index < -0.39 is 12.0 Å². The van der Waals surface area contributed by atoms with Crippen LogP contribution >= 0.6 is 0 Å². The van der Waals surface area contributed by atoms with Gasteiger partial charge in [-0.2, -0.15) is 0 Å². The van der Waals surface area contributed by atoms with Gasteiger partial charge in [-0.1, -0.05) is 6.92 Å². The molecule has 1 aromatic rings. The van der Waals surface area contributed by atoms with Crippen LogP contribution in [0.4, 0.5) is 0 Å². The van der Waals surface area contributed by atoms with Gasteiger partial charge in [0.05, 0.1) is 7.05 Å². The van der Waals surface area contributed by atoms with E-state index in [0.717, 1.165) is 0 Å². The summed E-state index contributed by atoms with van der Waals surface area (Å²) in [7, 11) is 1.87. The van der Waals surface area contributed by atoms with Crippen molar-refractivity contribution in [3.8, 4) is 0 Å². The number of aromatic nitrogens is 2. The van der Waals surface area contributed by atoms with Crippen molar-refractivity contribution < 1.29 is 26.9 Å². The first-order chi connectivity index (χ1) is 5.65. The molecule has 0 bridgehead atoms. The van der Waals surface area contributed by atoms with Crippen LogP contribution in [0.1, 0.15) is 19.4 Å². The Morgan fingerprint density at radius 1 is 1.69 bits per heavy atom. The lowest BCUT2D eigenvalue weighted by molar-refractivity contribution is -0.671. The molecule has 74 valence electrons. The van der Waals surface area contributed by atoms with E-state index in [1.165, 1.54) is 0 Å². The molecule has 0 spiro atoms. The van der Waals surface area contributed by atoms with Gasteiger partial charge in [0.1, 0.15) is 12.4 Å². The molecule has 0 aliphatic heterocycles. The molecule has 0 aliphatic rings. The lowest BCUT2D eigenvalue weighted by Gasteiger charge is -2.03. The summed E-state index contributed by atoms with van der Waals surface area (Å²) in [6.45, 7) is 1.86. The Balaban J connectivity index is 0.00000144. The monoisotopic (exact) mass is 204 g/mol. The molecule has 1 heterocycles. The van der Waals surface area contributed by atoms with Crippen LogP contribution in [0.15, 0.2) is 18.7 Å². The standard InChI is InChI=1S/C8H12N2O2.ClH/c1-3-7(8(11)12)10-5-4-9(2)6-10;/h4-7H,3H2,1-2H3;1H. The molecule has 0 radical (unpaired) electrons. The lowest BCUT2D eigenvalue weighted by atomic mass is 10.2. The summed E-state index contributed by atoms with van der Waals surface area (Å²) in [5.74, 6) is -0.784. The molecule has 4 nitrogen and oxygen atoms in total. The Labute approximate surface area is 83.2 Å². The number of hydrogen-bond acceptors (Lipinski definition) is 1. The zero-order valence-corrected chi connectivity index (χ0v) is 8.40. The van der Waals surface area contributed by atoms with Gasteiger partial charge in [0.2, 0.25) is 6.33 Å². The van der Waals surface area contributed by atoms with Crippen LogP contribution in [-0.2, 0) is 11.8 Å². The highest BCUT2D eigenvalue weighted by Gasteiger charge is 2.21. The van der Waals surface area contributed by atoms with Crippen LogP contribution in [-0.4, -0.2) is 15.6 Å². The highest BCUT2D eigenvalue weighted by molar-refractivity contribution is 5.71. The third-order valence-electron chi connectivity index (χ3n) is 1.82. The van der Waals surface area contributed by atoms with Crippen LogP contribution in [0.2, 0.25) is 0 Å². The molecule has 0 fully saturated rings. The predicted molar refractivity (Wildman–Crippen MR) is 42.6 cm³/mol. The van der Waals surface area contributed by atoms with E-state index in [1.807, 2.05) is 24.7 Å². The van der Waals surface area contributed by atoms with E-state index in [-0.39, 0.29) is 12.4 Å². The second-order valence-corrected chi connectivity index (χ2v) is 2.79. The average Bonchev–Trinajstić information content (AvgIpc) is 2.37. The van der Waals surface area contributed by atoms with Gasteiger partial charge < -0.3 is 17.5 Å². The van der Waals surface area contributed by atoms with Gasteiger partial charge in [-0.15, -0.1) is 0 Å². The largest absolute Gasteiger partial charge is 1.00 e. The van der Waals surface area contributed by atoms with Crippen molar-refractivity contribution in [2.45, 2.75) is 19.4 Å². The fourth-order valence-corrected chi connectivity index (χ4v) is 1.17. The second-order valence-electron chi connectivity index (χ2n) is 2.79. The van der Waals surface area contributed by atoms with Crippen molar-refractivity contribution in [1.82, 2.24) is 4.57 Å². The van der Waals surface area contributed by atoms with Gasteiger partial charge in [0.15, 0.2) is 6.04 Å². The number of hydrogen-bond donors (Lipinski definition) is 1. The minimum Gasteiger partial charge on any atom is -1.00 e. The molecule has 13 heavy (non-hydrogen) atoms. The molecule has 1 aromatic heterocycles. The predicted octanol–water partition coefficient (Wildman–Crippen LogP) is -2.65. The number of carboxylic acid groups (broad SMARTS) is 1. The van der Waals surface area contributed by atoms with Crippen LogP contribution in [0, 0.1) is 0 Å². The van der Waals surface area contributed by atoms with E-state index in [4.69, 9.17) is 5.11 Å². The van der Waals surface area contributed by atoms with Gasteiger partial charge in [-0.05, 0) is 6.42 Å². The maximum Gasteiger partial charge on any atom is 0.349 e. The third-order valence-corrected chi connectivity index (χ3v) is 1.82. The first kappa shape index (κ1) is 12.0. The smallest absolute Gasteiger partial charge is 0.349 e. The van der Waals surface area contributed by atoms with Crippen LogP contribution in [0.25, 0.3) is 0 Å². The van der Waals surface area contributed by atoms with E-state index in [2.05, 4.69) is 0 Å². The molecule has 0 saturated carbocycles. The summed E-state index contributed by atoms with van der Waals surface area (Å²) in [5, 5.41) is 8.81. The fraction of sp³-hybridized carbons (Fsp3) is 0.500. The molecular weight excluding hydrogens is 192 g/mol. The number of nitrogens with zero attached hydrogens (tertiary/aromatic N) is 2. The number of halogens is 1. The van der Waals surface area contributed by atoms with Crippen molar-refractivity contribution in [3.05, 3.63) is 18.7 Å². The minimum atomic E-state index is -0.784. The molecule has 1 atom stereocenters. The lowest BCUT2D eigenvalue weighted by Crippen LogP contribution is -3.00. The van der Waals surface area contributed by atoms with Crippen molar-refractivity contribution >= 4 is 5.97 Å². The summed E-state index contributed by atoms with van der Waals surface area (Å²) < 4.78 is 3.52. The Morgan fingerprint density at radius 2 is 2.31 bits per heavy atom. The topological polar surface area (TPSA) is 46.1 Å². The summed E-state index contributed by atoms with van der Waals surface area (Å²) in [5.41, 5.74) is 0. The third kappa shape index (κ3) is 2.73. The summed E-state index contributed by atoms with van der Waals surface area (Å²) in [6, 6.07) is -0.439. The molecule has 0 aromatic carbocycles. The average molecular weight is 205 g/mol. The maximum absolute atomic E-state index is 10.7. The Kier molecular flexibility index (Phi) is 4.48. The van der Waals surface area contributed by atoms with E-state index in [0.29, 0.717) is 6.42 Å². The van der Waals surface area contributed by atoms with Gasteiger partial charge in [-0.25, -0.2) is 13.9 Å². The van der Waals surface area contributed by atoms with E-state index >= 15 is 0 Å². The minimum absolute atomic E-state index is 0. The fourth-order valence-electron chi connectivity index (χ4n) is 1.17. The van der Waals surface area contributed by atoms with Gasteiger partial charge >= 0.3 is 5.97 Å². The van der Waals surface area contributed by atoms with Crippen molar-refractivity contribution in [2.75, 3.05) is 0 Å². The summed E-state index contributed by atoms with van der Waals surface area (Å²) in [6.07, 6.45) is 5.96. The Hall–Kier alpha value is -1.03. The number of carboxylic acids is 1. The van der Waals surface area contributed by atoms with Crippen LogP contribution in [0.5, 0.6) is 0 Å². The molecule has 0 saturated heterocycles. The highest BCUT2D eigenvalue weighted by atomic mass is 35.5.